The van der Waals surface area contributed by atoms with Crippen molar-refractivity contribution in [1.82, 2.24) is 9.78 Å². The van der Waals surface area contributed by atoms with Crippen LogP contribution in [0.4, 0.5) is 0 Å². The molecule has 0 fully saturated rings. The largest absolute Gasteiger partial charge is 0.406 e. The first-order valence-electron chi connectivity index (χ1n) is 2.53. The minimum absolute atomic E-state index is 0.693. The number of hydrogen-bond acceptors (Lipinski definition) is 2. The fourth-order valence-electron chi connectivity index (χ4n) is 0.663. The summed E-state index contributed by atoms with van der Waals surface area (Å²) in [6.45, 7) is 1.96. The fourth-order valence-corrected chi connectivity index (χ4v) is 1.10. The van der Waals surface area contributed by atoms with Gasteiger partial charge in [-0.3, -0.25) is 4.68 Å². The predicted octanol–water partition coefficient (Wildman–Crippen LogP) is 1.46. The van der Waals surface area contributed by atoms with Gasteiger partial charge >= 0.3 is 0 Å². The normalized spacial score (nSPS) is 9.67. The summed E-state index contributed by atoms with van der Waals surface area (Å²) in [5, 5.41) is 4.02. The number of aryl methyl sites for hydroxylation is 2. The molecule has 1 aromatic rings. The summed E-state index contributed by atoms with van der Waals surface area (Å²) in [7, 11) is 1.87. The maximum absolute atomic E-state index is 4.90. The first-order valence-corrected chi connectivity index (χ1v) is 3.41. The van der Waals surface area contributed by atoms with E-state index in [1.165, 1.54) is 0 Å². The van der Waals surface area contributed by atoms with Crippen LogP contribution in [0.2, 0.25) is 0 Å². The second-order valence-corrected chi connectivity index (χ2v) is 2.31. The SMILES string of the molecule is Cc1cn(C)nc1OI. The molecule has 0 aliphatic heterocycles. The predicted molar refractivity (Wildman–Crippen MR) is 42.6 cm³/mol. The van der Waals surface area contributed by atoms with Gasteiger partial charge in [-0.15, -0.1) is 5.10 Å². The Hall–Kier alpha value is -0.260. The summed E-state index contributed by atoms with van der Waals surface area (Å²) < 4.78 is 6.63. The standard InChI is InChI=1S/C5H7IN2O/c1-4-3-8(2)7-5(4)9-6/h3H,1-2H3. The lowest BCUT2D eigenvalue weighted by Crippen LogP contribution is -1.86. The summed E-state index contributed by atoms with van der Waals surface area (Å²) in [6, 6.07) is 0. The van der Waals surface area contributed by atoms with Crippen LogP contribution in [0.25, 0.3) is 0 Å². The van der Waals surface area contributed by atoms with Gasteiger partial charge in [-0.05, 0) is 6.92 Å². The third-order valence-corrected chi connectivity index (χ3v) is 1.46. The zero-order chi connectivity index (χ0) is 6.85. The van der Waals surface area contributed by atoms with Gasteiger partial charge in [0.1, 0.15) is 0 Å². The third-order valence-electron chi connectivity index (χ3n) is 1.04. The van der Waals surface area contributed by atoms with E-state index in [9.17, 15) is 0 Å². The van der Waals surface area contributed by atoms with Gasteiger partial charge in [0.25, 0.3) is 0 Å². The Labute approximate surface area is 67.7 Å². The molecule has 0 saturated heterocycles. The molecule has 9 heavy (non-hydrogen) atoms. The van der Waals surface area contributed by atoms with Crippen LogP contribution in [0.5, 0.6) is 5.88 Å². The van der Waals surface area contributed by atoms with Crippen LogP contribution in [-0.2, 0) is 7.05 Å². The van der Waals surface area contributed by atoms with E-state index >= 15 is 0 Å². The van der Waals surface area contributed by atoms with Crippen LogP contribution >= 0.6 is 23.0 Å². The van der Waals surface area contributed by atoms with E-state index in [-0.39, 0.29) is 0 Å². The number of rotatable bonds is 1. The molecule has 1 rings (SSSR count). The van der Waals surface area contributed by atoms with E-state index in [1.54, 1.807) is 4.68 Å². The summed E-state index contributed by atoms with van der Waals surface area (Å²) in [6.07, 6.45) is 1.91. The van der Waals surface area contributed by atoms with E-state index in [0.29, 0.717) is 5.88 Å². The minimum atomic E-state index is 0.693. The molecule has 0 spiro atoms. The summed E-state index contributed by atoms with van der Waals surface area (Å²) in [5.41, 5.74) is 1.06. The molecule has 3 nitrogen and oxygen atoms in total. The minimum Gasteiger partial charge on any atom is -0.406 e. The van der Waals surface area contributed by atoms with Crippen molar-refractivity contribution in [2.75, 3.05) is 0 Å². The molecular weight excluding hydrogens is 231 g/mol. The Balaban J connectivity index is 3.01. The van der Waals surface area contributed by atoms with Crippen molar-refractivity contribution in [3.05, 3.63) is 11.8 Å². The zero-order valence-electron chi connectivity index (χ0n) is 5.26. The van der Waals surface area contributed by atoms with Gasteiger partial charge in [-0.2, -0.15) is 0 Å². The van der Waals surface area contributed by atoms with Gasteiger partial charge in [0, 0.05) is 18.8 Å². The van der Waals surface area contributed by atoms with Crippen molar-refractivity contribution in [1.29, 1.82) is 0 Å². The first kappa shape index (κ1) is 6.85. The van der Waals surface area contributed by atoms with Crippen LogP contribution in [0.3, 0.4) is 0 Å². The lowest BCUT2D eigenvalue weighted by molar-refractivity contribution is 0.636. The summed E-state index contributed by atoms with van der Waals surface area (Å²) in [4.78, 5) is 0. The lowest BCUT2D eigenvalue weighted by Gasteiger charge is -1.87. The number of hydrogen-bond donors (Lipinski definition) is 0. The first-order chi connectivity index (χ1) is 4.24. The Morgan fingerprint density at radius 3 is 2.67 bits per heavy atom. The maximum atomic E-state index is 4.90. The van der Waals surface area contributed by atoms with E-state index in [4.69, 9.17) is 3.07 Å². The second-order valence-electron chi connectivity index (χ2n) is 1.87. The van der Waals surface area contributed by atoms with Crippen LogP contribution in [0, 0.1) is 6.92 Å². The maximum Gasteiger partial charge on any atom is 0.246 e. The van der Waals surface area contributed by atoms with Crippen molar-refractivity contribution < 1.29 is 3.07 Å². The molecule has 1 heterocycles. The van der Waals surface area contributed by atoms with Crippen LogP contribution in [0.15, 0.2) is 6.20 Å². The highest BCUT2D eigenvalue weighted by atomic mass is 127. The quantitative estimate of drug-likeness (QED) is 0.692. The van der Waals surface area contributed by atoms with Crippen molar-refractivity contribution >= 4 is 23.0 Å². The van der Waals surface area contributed by atoms with Crippen molar-refractivity contribution in [3.8, 4) is 5.88 Å². The molecule has 0 N–H and O–H groups in total. The van der Waals surface area contributed by atoms with Gasteiger partial charge < -0.3 is 3.07 Å². The number of halogens is 1. The Morgan fingerprint density at radius 1 is 1.78 bits per heavy atom. The van der Waals surface area contributed by atoms with E-state index in [0.717, 1.165) is 5.56 Å². The van der Waals surface area contributed by atoms with Gasteiger partial charge in [-0.1, -0.05) is 0 Å². The molecule has 0 aromatic carbocycles. The average Bonchev–Trinajstić information content (AvgIpc) is 2.10. The molecule has 1 aromatic heterocycles. The molecule has 0 saturated carbocycles. The van der Waals surface area contributed by atoms with Crippen molar-refractivity contribution in [2.45, 2.75) is 6.92 Å². The molecule has 50 valence electrons. The van der Waals surface area contributed by atoms with Crippen LogP contribution in [-0.4, -0.2) is 9.78 Å². The topological polar surface area (TPSA) is 27.1 Å². The van der Waals surface area contributed by atoms with E-state index in [1.807, 2.05) is 43.2 Å². The number of aromatic nitrogens is 2. The van der Waals surface area contributed by atoms with Crippen LogP contribution < -0.4 is 3.07 Å². The van der Waals surface area contributed by atoms with Gasteiger partial charge in [0.15, 0.2) is 23.0 Å². The average molecular weight is 238 g/mol. The molecule has 0 atom stereocenters. The molecule has 0 unspecified atom stereocenters. The number of nitrogens with zero attached hydrogens (tertiary/aromatic N) is 2. The second kappa shape index (κ2) is 2.55. The Kier molecular flexibility index (Phi) is 1.94. The van der Waals surface area contributed by atoms with Gasteiger partial charge in [0.05, 0.1) is 0 Å². The molecule has 0 radical (unpaired) electrons. The van der Waals surface area contributed by atoms with Crippen molar-refractivity contribution in [3.63, 3.8) is 0 Å². The molecular formula is C5H7IN2O. The molecule has 0 aliphatic carbocycles. The van der Waals surface area contributed by atoms with Crippen LogP contribution in [0.1, 0.15) is 5.56 Å². The Bertz CT molecular complexity index is 209. The third kappa shape index (κ3) is 1.35. The van der Waals surface area contributed by atoms with E-state index < -0.39 is 0 Å². The smallest absolute Gasteiger partial charge is 0.246 e. The summed E-state index contributed by atoms with van der Waals surface area (Å²) in [5.74, 6) is 0.693. The molecule has 4 heteroatoms. The highest BCUT2D eigenvalue weighted by Crippen LogP contribution is 2.14. The highest BCUT2D eigenvalue weighted by molar-refractivity contribution is 14.1. The highest BCUT2D eigenvalue weighted by Gasteiger charge is 2.00. The van der Waals surface area contributed by atoms with Crippen molar-refractivity contribution in [2.24, 2.45) is 7.05 Å². The summed E-state index contributed by atoms with van der Waals surface area (Å²) >= 11 is 1.82. The molecule has 0 bridgehead atoms. The Morgan fingerprint density at radius 2 is 2.44 bits per heavy atom. The zero-order valence-corrected chi connectivity index (χ0v) is 7.42. The van der Waals surface area contributed by atoms with Gasteiger partial charge in [-0.25, -0.2) is 0 Å². The molecule has 0 aliphatic rings. The monoisotopic (exact) mass is 238 g/mol. The lowest BCUT2D eigenvalue weighted by atomic mass is 10.4. The van der Waals surface area contributed by atoms with E-state index in [2.05, 4.69) is 5.10 Å². The van der Waals surface area contributed by atoms with Gasteiger partial charge in [0.2, 0.25) is 5.88 Å². The fraction of sp³-hybridized carbons (Fsp3) is 0.400. The molecule has 0 amide bonds.